The van der Waals surface area contributed by atoms with Gasteiger partial charge in [-0.25, -0.2) is 9.07 Å². The summed E-state index contributed by atoms with van der Waals surface area (Å²) in [7, 11) is 0. The Morgan fingerprint density at radius 3 is 2.67 bits per heavy atom. The molecule has 4 aromatic rings. The van der Waals surface area contributed by atoms with Crippen molar-refractivity contribution in [1.29, 1.82) is 0 Å². The van der Waals surface area contributed by atoms with E-state index in [0.717, 1.165) is 17.1 Å². The van der Waals surface area contributed by atoms with E-state index in [1.807, 2.05) is 30.3 Å². The second-order valence-electron chi connectivity index (χ2n) is 6.71. The fourth-order valence-corrected chi connectivity index (χ4v) is 3.21. The van der Waals surface area contributed by atoms with E-state index in [-0.39, 0.29) is 12.4 Å². The van der Waals surface area contributed by atoms with Crippen LogP contribution in [0.4, 0.5) is 10.2 Å². The number of aldehydes is 1. The van der Waals surface area contributed by atoms with Crippen LogP contribution in [0.1, 0.15) is 16.1 Å². The molecule has 0 aliphatic carbocycles. The number of anilines is 1. The van der Waals surface area contributed by atoms with Crippen molar-refractivity contribution in [3.63, 3.8) is 0 Å². The molecule has 1 amide bonds. The summed E-state index contributed by atoms with van der Waals surface area (Å²) in [6.45, 7) is 1.50. The van der Waals surface area contributed by atoms with Gasteiger partial charge in [0.25, 0.3) is 5.91 Å². The molecule has 0 radical (unpaired) electrons. The van der Waals surface area contributed by atoms with Crippen LogP contribution in [0.15, 0.2) is 66.7 Å². The third-order valence-electron chi connectivity index (χ3n) is 4.58. The fourth-order valence-electron chi connectivity index (χ4n) is 3.21. The third-order valence-corrected chi connectivity index (χ3v) is 4.58. The summed E-state index contributed by atoms with van der Waals surface area (Å²) in [4.78, 5) is 24.1. The van der Waals surface area contributed by atoms with E-state index < -0.39 is 5.91 Å². The predicted molar refractivity (Wildman–Crippen MR) is 112 cm³/mol. The van der Waals surface area contributed by atoms with Crippen LogP contribution in [0.25, 0.3) is 16.5 Å². The van der Waals surface area contributed by atoms with Crippen LogP contribution in [-0.2, 0) is 4.79 Å². The minimum atomic E-state index is -0.414. The Kier molecular flexibility index (Phi) is 5.26. The van der Waals surface area contributed by atoms with Crippen molar-refractivity contribution in [1.82, 2.24) is 9.78 Å². The van der Waals surface area contributed by atoms with Crippen LogP contribution in [0.2, 0.25) is 0 Å². The van der Waals surface area contributed by atoms with Gasteiger partial charge < -0.3 is 10.1 Å². The van der Waals surface area contributed by atoms with Gasteiger partial charge >= 0.3 is 0 Å². The minimum absolute atomic E-state index is 0.285. The molecule has 0 bridgehead atoms. The molecule has 0 saturated heterocycles. The Morgan fingerprint density at radius 2 is 1.90 bits per heavy atom. The van der Waals surface area contributed by atoms with Crippen molar-refractivity contribution in [2.75, 3.05) is 11.9 Å². The highest BCUT2D eigenvalue weighted by Gasteiger charge is 2.14. The molecule has 1 heterocycles. The number of nitrogens with one attached hydrogen (secondary N) is 1. The van der Waals surface area contributed by atoms with Gasteiger partial charge in [-0.3, -0.25) is 9.59 Å². The Hall–Kier alpha value is -4.00. The summed E-state index contributed by atoms with van der Waals surface area (Å²) in [5.41, 5.74) is 1.69. The van der Waals surface area contributed by atoms with E-state index in [0.29, 0.717) is 28.5 Å². The number of rotatable bonds is 6. The van der Waals surface area contributed by atoms with Gasteiger partial charge in [0.2, 0.25) is 0 Å². The Balaban J connectivity index is 1.51. The number of carbonyl (C=O) groups is 2. The zero-order chi connectivity index (χ0) is 21.1. The van der Waals surface area contributed by atoms with Gasteiger partial charge in [0.15, 0.2) is 12.9 Å². The highest BCUT2D eigenvalue weighted by Crippen LogP contribution is 2.26. The van der Waals surface area contributed by atoms with Crippen LogP contribution >= 0.6 is 0 Å². The first-order valence-electron chi connectivity index (χ1n) is 9.27. The molecule has 0 saturated carbocycles. The SMILES string of the molecule is Cc1cc(NC(=O)COc2ccc3ccccc3c2C=O)n(-c2ccc(F)cc2)n1. The summed E-state index contributed by atoms with van der Waals surface area (Å²) >= 11 is 0. The number of halogens is 1. The number of ether oxygens (including phenoxy) is 1. The van der Waals surface area contributed by atoms with Crippen molar-refractivity contribution >= 4 is 28.8 Å². The topological polar surface area (TPSA) is 73.2 Å². The molecule has 6 nitrogen and oxygen atoms in total. The molecule has 0 spiro atoms. The maximum absolute atomic E-state index is 13.2. The van der Waals surface area contributed by atoms with Crippen molar-refractivity contribution in [3.8, 4) is 11.4 Å². The predicted octanol–water partition coefficient (Wildman–Crippen LogP) is 4.30. The van der Waals surface area contributed by atoms with Gasteiger partial charge in [-0.15, -0.1) is 0 Å². The number of aromatic nitrogens is 2. The number of benzene rings is 3. The molecule has 0 atom stereocenters. The lowest BCUT2D eigenvalue weighted by atomic mass is 10.0. The Morgan fingerprint density at radius 1 is 1.13 bits per heavy atom. The van der Waals surface area contributed by atoms with E-state index in [4.69, 9.17) is 4.74 Å². The summed E-state index contributed by atoms with van der Waals surface area (Å²) in [5, 5.41) is 8.75. The number of amides is 1. The highest BCUT2D eigenvalue weighted by atomic mass is 19.1. The quantitative estimate of drug-likeness (QED) is 0.487. The number of fused-ring (bicyclic) bond motifs is 1. The van der Waals surface area contributed by atoms with Crippen LogP contribution in [-0.4, -0.2) is 28.6 Å². The summed E-state index contributed by atoms with van der Waals surface area (Å²) < 4.78 is 20.3. The van der Waals surface area contributed by atoms with E-state index in [2.05, 4.69) is 10.4 Å². The van der Waals surface area contributed by atoms with Crippen molar-refractivity contribution in [3.05, 3.63) is 83.8 Å². The lowest BCUT2D eigenvalue weighted by Gasteiger charge is -2.12. The summed E-state index contributed by atoms with van der Waals surface area (Å²) in [5.74, 6) is -0.00449. The van der Waals surface area contributed by atoms with Crippen LogP contribution < -0.4 is 10.1 Å². The molecule has 30 heavy (non-hydrogen) atoms. The second kappa shape index (κ2) is 8.16. The molecule has 0 fully saturated rings. The van der Waals surface area contributed by atoms with Crippen LogP contribution in [0.3, 0.4) is 0 Å². The van der Waals surface area contributed by atoms with E-state index in [9.17, 15) is 14.0 Å². The standard InChI is InChI=1S/C23H18FN3O3/c1-15-12-22(27(26-15)18-9-7-17(24)8-10-18)25-23(29)14-30-21-11-6-16-4-2-3-5-19(16)20(21)13-28/h2-13H,14H2,1H3,(H,25,29). The average molecular weight is 403 g/mol. The molecule has 0 aliphatic rings. The molecular weight excluding hydrogens is 385 g/mol. The van der Waals surface area contributed by atoms with E-state index in [1.165, 1.54) is 16.8 Å². The third kappa shape index (κ3) is 3.91. The van der Waals surface area contributed by atoms with E-state index in [1.54, 1.807) is 31.2 Å². The Bertz CT molecular complexity index is 1230. The molecule has 4 rings (SSSR count). The monoisotopic (exact) mass is 403 g/mol. The number of hydrogen-bond acceptors (Lipinski definition) is 4. The normalized spacial score (nSPS) is 10.7. The minimum Gasteiger partial charge on any atom is -0.483 e. The molecule has 1 N–H and O–H groups in total. The average Bonchev–Trinajstić information content (AvgIpc) is 3.12. The van der Waals surface area contributed by atoms with E-state index >= 15 is 0 Å². The summed E-state index contributed by atoms with van der Waals surface area (Å²) in [6.07, 6.45) is 0.725. The second-order valence-corrected chi connectivity index (χ2v) is 6.71. The lowest BCUT2D eigenvalue weighted by molar-refractivity contribution is -0.118. The first kappa shape index (κ1) is 19.3. The number of aryl methyl sites for hydroxylation is 1. The van der Waals surface area contributed by atoms with Crippen molar-refractivity contribution in [2.24, 2.45) is 0 Å². The molecule has 150 valence electrons. The van der Waals surface area contributed by atoms with Gasteiger partial charge in [0.1, 0.15) is 17.4 Å². The Labute approximate surface area is 171 Å². The zero-order valence-corrected chi connectivity index (χ0v) is 16.1. The maximum Gasteiger partial charge on any atom is 0.263 e. The van der Waals surface area contributed by atoms with Gasteiger partial charge in [-0.05, 0) is 48.0 Å². The van der Waals surface area contributed by atoms with Gasteiger partial charge in [0, 0.05) is 6.07 Å². The molecular formula is C23H18FN3O3. The first-order valence-corrected chi connectivity index (χ1v) is 9.27. The zero-order valence-electron chi connectivity index (χ0n) is 16.1. The number of carbonyl (C=O) groups excluding carboxylic acids is 2. The molecule has 0 aliphatic heterocycles. The fraction of sp³-hybridized carbons (Fsp3) is 0.0870. The molecule has 1 aromatic heterocycles. The number of hydrogen-bond donors (Lipinski definition) is 1. The molecule has 7 heteroatoms. The molecule has 0 unspecified atom stereocenters. The van der Waals surface area contributed by atoms with Gasteiger partial charge in [0.05, 0.1) is 16.9 Å². The van der Waals surface area contributed by atoms with Crippen LogP contribution in [0.5, 0.6) is 5.75 Å². The highest BCUT2D eigenvalue weighted by molar-refractivity contribution is 6.01. The van der Waals surface area contributed by atoms with Crippen molar-refractivity contribution in [2.45, 2.75) is 6.92 Å². The maximum atomic E-state index is 13.2. The smallest absolute Gasteiger partial charge is 0.263 e. The van der Waals surface area contributed by atoms with Gasteiger partial charge in [-0.2, -0.15) is 5.10 Å². The van der Waals surface area contributed by atoms with Gasteiger partial charge in [-0.1, -0.05) is 30.3 Å². The number of nitrogens with zero attached hydrogens (tertiary/aromatic N) is 2. The largest absolute Gasteiger partial charge is 0.483 e. The lowest BCUT2D eigenvalue weighted by Crippen LogP contribution is -2.22. The van der Waals surface area contributed by atoms with Crippen molar-refractivity contribution < 1.29 is 18.7 Å². The summed E-state index contributed by atoms with van der Waals surface area (Å²) in [6, 6.07) is 18.4. The first-order chi connectivity index (χ1) is 14.5. The molecule has 3 aromatic carbocycles. The van der Waals surface area contributed by atoms with Crippen LogP contribution in [0, 0.1) is 12.7 Å².